The number of carbonyl (C=O) groups is 3. The average Bonchev–Trinajstić information content (AvgIpc) is 2.74. The number of rotatable bonds is 10. The number of nitrogens with one attached hydrogen (secondary N) is 1. The molecule has 0 spiro atoms. The van der Waals surface area contributed by atoms with Crippen LogP contribution in [0.25, 0.3) is 0 Å². The minimum absolute atomic E-state index is 0.0286. The SMILES string of the molecule is CCCN(CCC)C(=O)CCCC(=O)N1CCC(C(=O)Nc2ccccc2)CC1. The third-order valence-electron chi connectivity index (χ3n) is 5.38. The quantitative estimate of drug-likeness (QED) is 0.650. The molecule has 1 aromatic rings. The van der Waals surface area contributed by atoms with E-state index in [9.17, 15) is 14.4 Å². The zero-order chi connectivity index (χ0) is 21.1. The summed E-state index contributed by atoms with van der Waals surface area (Å²) in [5.74, 6) is 0.216. The van der Waals surface area contributed by atoms with Crippen LogP contribution in [-0.2, 0) is 14.4 Å². The van der Waals surface area contributed by atoms with E-state index in [-0.39, 0.29) is 23.6 Å². The number of anilines is 1. The van der Waals surface area contributed by atoms with E-state index < -0.39 is 0 Å². The maximum atomic E-state index is 12.5. The molecule has 29 heavy (non-hydrogen) atoms. The molecule has 1 N–H and O–H groups in total. The second-order valence-electron chi connectivity index (χ2n) is 7.74. The molecule has 160 valence electrons. The summed E-state index contributed by atoms with van der Waals surface area (Å²) in [6.07, 6.45) is 4.71. The van der Waals surface area contributed by atoms with Gasteiger partial charge in [-0.3, -0.25) is 14.4 Å². The first-order chi connectivity index (χ1) is 14.0. The standard InChI is InChI=1S/C23H35N3O3/c1-3-15-25(16-4-2)21(27)11-8-12-22(28)26-17-13-19(14-18-26)23(29)24-20-9-6-5-7-10-20/h5-7,9-10,19H,3-4,8,11-18H2,1-2H3,(H,24,29). The summed E-state index contributed by atoms with van der Waals surface area (Å²) < 4.78 is 0. The van der Waals surface area contributed by atoms with Crippen molar-refractivity contribution in [1.29, 1.82) is 0 Å². The van der Waals surface area contributed by atoms with Gasteiger partial charge in [0.05, 0.1) is 0 Å². The molecule has 1 aliphatic rings. The van der Waals surface area contributed by atoms with Crippen molar-refractivity contribution in [2.75, 3.05) is 31.5 Å². The lowest BCUT2D eigenvalue weighted by molar-refractivity contribution is -0.135. The first-order valence-electron chi connectivity index (χ1n) is 11.0. The van der Waals surface area contributed by atoms with Gasteiger partial charge in [0.2, 0.25) is 17.7 Å². The minimum Gasteiger partial charge on any atom is -0.343 e. The fraction of sp³-hybridized carbons (Fsp3) is 0.609. The van der Waals surface area contributed by atoms with Crippen molar-refractivity contribution in [1.82, 2.24) is 9.80 Å². The van der Waals surface area contributed by atoms with Gasteiger partial charge in [-0.25, -0.2) is 0 Å². The number of benzene rings is 1. The van der Waals surface area contributed by atoms with Gasteiger partial charge in [0.1, 0.15) is 0 Å². The summed E-state index contributed by atoms with van der Waals surface area (Å²) in [4.78, 5) is 40.9. The molecule has 0 radical (unpaired) electrons. The van der Waals surface area contributed by atoms with Crippen molar-refractivity contribution < 1.29 is 14.4 Å². The fourth-order valence-corrected chi connectivity index (χ4v) is 3.76. The van der Waals surface area contributed by atoms with Gasteiger partial charge in [-0.15, -0.1) is 0 Å². The lowest BCUT2D eigenvalue weighted by Crippen LogP contribution is -2.41. The third kappa shape index (κ3) is 7.52. The minimum atomic E-state index is -0.0579. The molecule has 6 heteroatoms. The third-order valence-corrected chi connectivity index (χ3v) is 5.38. The summed E-state index contributed by atoms with van der Waals surface area (Å²) >= 11 is 0. The van der Waals surface area contributed by atoms with Crippen LogP contribution in [0.1, 0.15) is 58.8 Å². The van der Waals surface area contributed by atoms with Crippen LogP contribution >= 0.6 is 0 Å². The van der Waals surface area contributed by atoms with Gasteiger partial charge in [-0.2, -0.15) is 0 Å². The molecule has 0 atom stereocenters. The van der Waals surface area contributed by atoms with Crippen LogP contribution < -0.4 is 5.32 Å². The molecule has 1 aromatic carbocycles. The molecule has 1 saturated heterocycles. The number of para-hydroxylation sites is 1. The molecule has 0 unspecified atom stereocenters. The second kappa shape index (κ2) is 12.2. The molecule has 0 aromatic heterocycles. The molecular weight excluding hydrogens is 366 g/mol. The highest BCUT2D eigenvalue weighted by atomic mass is 16.2. The Morgan fingerprint density at radius 1 is 1.00 bits per heavy atom. The Balaban J connectivity index is 1.69. The first kappa shape index (κ1) is 22.9. The van der Waals surface area contributed by atoms with E-state index in [2.05, 4.69) is 19.2 Å². The van der Waals surface area contributed by atoms with Crippen molar-refractivity contribution in [3.63, 3.8) is 0 Å². The van der Waals surface area contributed by atoms with Gasteiger partial charge < -0.3 is 15.1 Å². The van der Waals surface area contributed by atoms with Crippen LogP contribution in [0.4, 0.5) is 5.69 Å². The van der Waals surface area contributed by atoms with Gasteiger partial charge in [-0.05, 0) is 44.2 Å². The number of hydrogen-bond acceptors (Lipinski definition) is 3. The lowest BCUT2D eigenvalue weighted by Gasteiger charge is -2.31. The van der Waals surface area contributed by atoms with E-state index in [1.165, 1.54) is 0 Å². The van der Waals surface area contributed by atoms with Gasteiger partial charge in [0, 0.05) is 50.6 Å². The number of likely N-dealkylation sites (tertiary alicyclic amines) is 1. The molecule has 0 bridgehead atoms. The topological polar surface area (TPSA) is 69.7 Å². The molecule has 2 rings (SSSR count). The van der Waals surface area contributed by atoms with E-state index in [1.807, 2.05) is 40.1 Å². The van der Waals surface area contributed by atoms with E-state index in [4.69, 9.17) is 0 Å². The van der Waals surface area contributed by atoms with Crippen molar-refractivity contribution in [2.45, 2.75) is 58.8 Å². The molecular formula is C23H35N3O3. The van der Waals surface area contributed by atoms with Gasteiger partial charge in [0.25, 0.3) is 0 Å². The Morgan fingerprint density at radius 3 is 2.21 bits per heavy atom. The summed E-state index contributed by atoms with van der Waals surface area (Å²) in [6, 6.07) is 9.45. The van der Waals surface area contributed by atoms with E-state index in [1.54, 1.807) is 0 Å². The van der Waals surface area contributed by atoms with E-state index >= 15 is 0 Å². The van der Waals surface area contributed by atoms with Crippen LogP contribution in [0.15, 0.2) is 30.3 Å². The van der Waals surface area contributed by atoms with Gasteiger partial charge >= 0.3 is 0 Å². The molecule has 0 aliphatic carbocycles. The molecule has 1 aliphatic heterocycles. The smallest absolute Gasteiger partial charge is 0.227 e. The largest absolute Gasteiger partial charge is 0.343 e. The second-order valence-corrected chi connectivity index (χ2v) is 7.74. The summed E-state index contributed by atoms with van der Waals surface area (Å²) in [5, 5.41) is 2.95. The zero-order valence-electron chi connectivity index (χ0n) is 17.9. The molecule has 1 fully saturated rings. The monoisotopic (exact) mass is 401 g/mol. The number of piperidine rings is 1. The molecule has 0 saturated carbocycles. The van der Waals surface area contributed by atoms with Crippen LogP contribution in [-0.4, -0.2) is 53.7 Å². The normalized spacial score (nSPS) is 14.5. The Kier molecular flexibility index (Phi) is 9.68. The zero-order valence-corrected chi connectivity index (χ0v) is 17.9. The molecule has 3 amide bonds. The molecule has 1 heterocycles. The fourth-order valence-electron chi connectivity index (χ4n) is 3.76. The highest BCUT2D eigenvalue weighted by Crippen LogP contribution is 2.20. The van der Waals surface area contributed by atoms with Gasteiger partial charge in [-0.1, -0.05) is 32.0 Å². The van der Waals surface area contributed by atoms with Crippen molar-refractivity contribution in [3.05, 3.63) is 30.3 Å². The number of nitrogens with zero attached hydrogens (tertiary/aromatic N) is 2. The number of hydrogen-bond donors (Lipinski definition) is 1. The van der Waals surface area contributed by atoms with Crippen LogP contribution in [0.5, 0.6) is 0 Å². The number of amides is 3. The highest BCUT2D eigenvalue weighted by Gasteiger charge is 2.27. The molecule has 6 nitrogen and oxygen atoms in total. The Labute approximate surface area is 174 Å². The Hall–Kier alpha value is -2.37. The summed E-state index contributed by atoms with van der Waals surface area (Å²) in [6.45, 7) is 6.94. The maximum Gasteiger partial charge on any atom is 0.227 e. The lowest BCUT2D eigenvalue weighted by atomic mass is 9.95. The average molecular weight is 402 g/mol. The Morgan fingerprint density at radius 2 is 1.62 bits per heavy atom. The van der Waals surface area contributed by atoms with Crippen molar-refractivity contribution >= 4 is 23.4 Å². The van der Waals surface area contributed by atoms with Crippen molar-refractivity contribution in [2.24, 2.45) is 5.92 Å². The van der Waals surface area contributed by atoms with Gasteiger partial charge in [0.15, 0.2) is 0 Å². The first-order valence-corrected chi connectivity index (χ1v) is 11.0. The maximum absolute atomic E-state index is 12.5. The van der Waals surface area contributed by atoms with Crippen LogP contribution in [0.2, 0.25) is 0 Å². The highest BCUT2D eigenvalue weighted by molar-refractivity contribution is 5.92. The van der Waals surface area contributed by atoms with Crippen LogP contribution in [0.3, 0.4) is 0 Å². The van der Waals surface area contributed by atoms with Crippen LogP contribution in [0, 0.1) is 5.92 Å². The van der Waals surface area contributed by atoms with E-state index in [0.29, 0.717) is 45.2 Å². The van der Waals surface area contributed by atoms with E-state index in [0.717, 1.165) is 31.6 Å². The van der Waals surface area contributed by atoms with Crippen molar-refractivity contribution in [3.8, 4) is 0 Å². The summed E-state index contributed by atoms with van der Waals surface area (Å²) in [7, 11) is 0. The summed E-state index contributed by atoms with van der Waals surface area (Å²) in [5.41, 5.74) is 0.806. The predicted molar refractivity (Wildman–Crippen MR) is 115 cm³/mol. The predicted octanol–water partition coefficient (Wildman–Crippen LogP) is 3.68. The Bertz CT molecular complexity index is 649. The number of carbonyl (C=O) groups excluding carboxylic acids is 3.